The lowest BCUT2D eigenvalue weighted by molar-refractivity contribution is 0.589. The summed E-state index contributed by atoms with van der Waals surface area (Å²) in [6.07, 6.45) is 1.15. The minimum Gasteiger partial charge on any atom is -0.334 e. The van der Waals surface area contributed by atoms with Gasteiger partial charge in [0.1, 0.15) is 9.26 Å². The van der Waals surface area contributed by atoms with Crippen LogP contribution in [-0.4, -0.2) is 9.97 Å². The maximum Gasteiger partial charge on any atom is 0.266 e. The van der Waals surface area contributed by atoms with E-state index in [0.29, 0.717) is 0 Å². The molecule has 0 bridgehead atoms. The van der Waals surface area contributed by atoms with E-state index in [1.807, 2.05) is 0 Å². The Morgan fingerprint density at radius 1 is 1.33 bits per heavy atom. The standard InChI is InChI=1S/C10H5BrF2IN3O/c11-4-1-5(12)8(6(13)2-4)17-9-7(14)10(18)16-3-15-9/h1-3H,(H2,15,16,17,18). The van der Waals surface area contributed by atoms with Crippen LogP contribution >= 0.6 is 38.5 Å². The molecule has 2 rings (SSSR count). The van der Waals surface area contributed by atoms with Crippen molar-refractivity contribution in [3.05, 3.63) is 48.5 Å². The van der Waals surface area contributed by atoms with Crippen molar-refractivity contribution >= 4 is 50.0 Å². The Labute approximate surface area is 122 Å². The van der Waals surface area contributed by atoms with Crippen LogP contribution in [0.15, 0.2) is 27.7 Å². The molecule has 0 atom stereocenters. The van der Waals surface area contributed by atoms with E-state index < -0.39 is 11.6 Å². The molecule has 0 spiro atoms. The van der Waals surface area contributed by atoms with Crippen molar-refractivity contribution in [3.63, 3.8) is 0 Å². The second-order valence-electron chi connectivity index (χ2n) is 3.26. The molecule has 94 valence electrons. The van der Waals surface area contributed by atoms with Gasteiger partial charge in [-0.05, 0) is 34.7 Å². The van der Waals surface area contributed by atoms with Gasteiger partial charge >= 0.3 is 0 Å². The largest absolute Gasteiger partial charge is 0.334 e. The van der Waals surface area contributed by atoms with Crippen LogP contribution in [0.5, 0.6) is 0 Å². The van der Waals surface area contributed by atoms with Gasteiger partial charge in [-0.3, -0.25) is 4.79 Å². The zero-order chi connectivity index (χ0) is 13.3. The van der Waals surface area contributed by atoms with Crippen LogP contribution in [0.1, 0.15) is 0 Å². The Kier molecular flexibility index (Phi) is 3.95. The van der Waals surface area contributed by atoms with Crippen molar-refractivity contribution in [2.75, 3.05) is 5.32 Å². The molecule has 2 aromatic rings. The van der Waals surface area contributed by atoms with Crippen LogP contribution in [0.3, 0.4) is 0 Å². The molecule has 0 saturated heterocycles. The summed E-state index contributed by atoms with van der Waals surface area (Å²) in [4.78, 5) is 17.5. The van der Waals surface area contributed by atoms with E-state index in [4.69, 9.17) is 0 Å². The second-order valence-corrected chi connectivity index (χ2v) is 5.26. The van der Waals surface area contributed by atoms with Crippen molar-refractivity contribution in [1.82, 2.24) is 9.97 Å². The number of hydrogen-bond acceptors (Lipinski definition) is 3. The van der Waals surface area contributed by atoms with Gasteiger partial charge in [-0.1, -0.05) is 15.9 Å². The third-order valence-corrected chi connectivity index (χ3v) is 3.51. The molecule has 0 unspecified atom stereocenters. The average Bonchev–Trinajstić information content (AvgIpc) is 2.28. The number of halogens is 4. The fraction of sp³-hybridized carbons (Fsp3) is 0. The van der Waals surface area contributed by atoms with E-state index in [-0.39, 0.29) is 25.1 Å². The maximum absolute atomic E-state index is 13.6. The number of anilines is 2. The highest BCUT2D eigenvalue weighted by molar-refractivity contribution is 14.1. The van der Waals surface area contributed by atoms with Crippen LogP contribution < -0.4 is 10.9 Å². The van der Waals surface area contributed by atoms with Crippen molar-refractivity contribution in [3.8, 4) is 0 Å². The third kappa shape index (κ3) is 2.69. The first-order chi connectivity index (χ1) is 8.49. The SMILES string of the molecule is O=c1[nH]cnc(Nc2c(F)cc(Br)cc2F)c1I. The highest BCUT2D eigenvalue weighted by Crippen LogP contribution is 2.26. The zero-order valence-corrected chi connectivity index (χ0v) is 12.3. The van der Waals surface area contributed by atoms with Gasteiger partial charge in [-0.25, -0.2) is 13.8 Å². The fourth-order valence-electron chi connectivity index (χ4n) is 1.25. The molecule has 1 heterocycles. The first-order valence-corrected chi connectivity index (χ1v) is 6.51. The minimum atomic E-state index is -0.778. The summed E-state index contributed by atoms with van der Waals surface area (Å²) in [7, 11) is 0. The smallest absolute Gasteiger partial charge is 0.266 e. The monoisotopic (exact) mass is 427 g/mol. The molecular weight excluding hydrogens is 423 g/mol. The number of nitrogens with zero attached hydrogens (tertiary/aromatic N) is 1. The number of benzene rings is 1. The molecule has 18 heavy (non-hydrogen) atoms. The zero-order valence-electron chi connectivity index (χ0n) is 8.60. The van der Waals surface area contributed by atoms with Crippen LogP contribution in [0, 0.1) is 15.2 Å². The molecule has 0 saturated carbocycles. The van der Waals surface area contributed by atoms with E-state index in [0.717, 1.165) is 18.5 Å². The number of aromatic amines is 1. The normalized spacial score (nSPS) is 10.4. The van der Waals surface area contributed by atoms with Gasteiger partial charge in [0.2, 0.25) is 0 Å². The summed E-state index contributed by atoms with van der Waals surface area (Å²) < 4.78 is 27.7. The van der Waals surface area contributed by atoms with Gasteiger partial charge in [0.25, 0.3) is 5.56 Å². The van der Waals surface area contributed by atoms with E-state index in [1.54, 1.807) is 22.6 Å². The second kappa shape index (κ2) is 5.31. The quantitative estimate of drug-likeness (QED) is 0.724. The highest BCUT2D eigenvalue weighted by Gasteiger charge is 2.13. The first kappa shape index (κ1) is 13.4. The Hall–Kier alpha value is -1.03. The average molecular weight is 428 g/mol. The molecule has 1 aromatic heterocycles. The molecule has 0 aliphatic carbocycles. The summed E-state index contributed by atoms with van der Waals surface area (Å²) in [5.74, 6) is -1.46. The summed E-state index contributed by atoms with van der Waals surface area (Å²) in [6, 6.07) is 2.23. The number of hydrogen-bond donors (Lipinski definition) is 2. The van der Waals surface area contributed by atoms with E-state index in [2.05, 4.69) is 31.2 Å². The predicted octanol–water partition coefficient (Wildman–Crippen LogP) is 3.16. The fourth-order valence-corrected chi connectivity index (χ4v) is 2.08. The van der Waals surface area contributed by atoms with Crippen LogP contribution in [0.2, 0.25) is 0 Å². The topological polar surface area (TPSA) is 57.8 Å². The molecule has 0 aliphatic heterocycles. The first-order valence-electron chi connectivity index (χ1n) is 4.64. The Morgan fingerprint density at radius 3 is 2.56 bits per heavy atom. The highest BCUT2D eigenvalue weighted by atomic mass is 127. The number of H-pyrrole nitrogens is 1. The van der Waals surface area contributed by atoms with Crippen LogP contribution in [0.4, 0.5) is 20.3 Å². The number of rotatable bonds is 2. The molecular formula is C10H5BrF2IN3O. The van der Waals surface area contributed by atoms with Gasteiger partial charge in [0, 0.05) is 4.47 Å². The van der Waals surface area contributed by atoms with Gasteiger partial charge < -0.3 is 10.3 Å². The lowest BCUT2D eigenvalue weighted by atomic mass is 10.3. The number of nitrogens with one attached hydrogen (secondary N) is 2. The molecule has 0 fully saturated rings. The predicted molar refractivity (Wildman–Crippen MR) is 74.9 cm³/mol. The van der Waals surface area contributed by atoms with Gasteiger partial charge in [0.15, 0.2) is 17.5 Å². The van der Waals surface area contributed by atoms with Crippen molar-refractivity contribution < 1.29 is 8.78 Å². The molecule has 0 aliphatic rings. The Bertz CT molecular complexity index is 639. The molecule has 0 amide bonds. The number of aromatic nitrogens is 2. The van der Waals surface area contributed by atoms with Gasteiger partial charge in [-0.2, -0.15) is 0 Å². The molecule has 8 heteroatoms. The molecule has 2 N–H and O–H groups in total. The van der Waals surface area contributed by atoms with Crippen molar-refractivity contribution in [2.45, 2.75) is 0 Å². The van der Waals surface area contributed by atoms with E-state index >= 15 is 0 Å². The van der Waals surface area contributed by atoms with E-state index in [9.17, 15) is 13.6 Å². The van der Waals surface area contributed by atoms with E-state index in [1.165, 1.54) is 0 Å². The lowest BCUT2D eigenvalue weighted by Crippen LogP contribution is -2.13. The van der Waals surface area contributed by atoms with Crippen molar-refractivity contribution in [1.29, 1.82) is 0 Å². The Balaban J connectivity index is 2.47. The summed E-state index contributed by atoms with van der Waals surface area (Å²) >= 11 is 4.72. The molecule has 4 nitrogen and oxygen atoms in total. The minimum absolute atomic E-state index is 0.0967. The van der Waals surface area contributed by atoms with Crippen molar-refractivity contribution in [2.24, 2.45) is 0 Å². The van der Waals surface area contributed by atoms with Crippen LogP contribution in [-0.2, 0) is 0 Å². The summed E-state index contributed by atoms with van der Waals surface area (Å²) in [5, 5.41) is 2.47. The molecule has 0 radical (unpaired) electrons. The third-order valence-electron chi connectivity index (χ3n) is 2.05. The lowest BCUT2D eigenvalue weighted by Gasteiger charge is -2.09. The summed E-state index contributed by atoms with van der Waals surface area (Å²) in [6.45, 7) is 0. The maximum atomic E-state index is 13.6. The molecule has 1 aromatic carbocycles. The van der Waals surface area contributed by atoms with Crippen LogP contribution in [0.25, 0.3) is 0 Å². The Morgan fingerprint density at radius 2 is 1.94 bits per heavy atom. The summed E-state index contributed by atoms with van der Waals surface area (Å²) in [5.41, 5.74) is -0.736. The van der Waals surface area contributed by atoms with Gasteiger partial charge in [-0.15, -0.1) is 0 Å². The van der Waals surface area contributed by atoms with Gasteiger partial charge in [0.05, 0.1) is 6.33 Å².